The summed E-state index contributed by atoms with van der Waals surface area (Å²) in [6, 6.07) is 7.43. The van der Waals surface area contributed by atoms with E-state index in [-0.39, 0.29) is 12.5 Å². The molecule has 5 rings (SSSR count). The fourth-order valence-corrected chi connectivity index (χ4v) is 5.13. The lowest BCUT2D eigenvalue weighted by molar-refractivity contribution is 0.351. The third-order valence-electron chi connectivity index (χ3n) is 5.77. The summed E-state index contributed by atoms with van der Waals surface area (Å²) < 4.78 is 20.1. The number of anilines is 1. The molecule has 0 amide bonds. The Bertz CT molecular complexity index is 1170. The van der Waals surface area contributed by atoms with Gasteiger partial charge in [0.25, 0.3) is 0 Å². The second-order valence-corrected chi connectivity index (χ2v) is 9.15. The molecule has 2 aliphatic rings. The predicted octanol–water partition coefficient (Wildman–Crippen LogP) is 2.31. The molecule has 2 aromatic heterocycles. The maximum atomic E-state index is 12.7. The van der Waals surface area contributed by atoms with Crippen LogP contribution < -0.4 is 9.64 Å². The summed E-state index contributed by atoms with van der Waals surface area (Å²) in [7, 11) is -1.20. The summed E-state index contributed by atoms with van der Waals surface area (Å²) in [5.74, 6) is 1.66. The first-order chi connectivity index (χ1) is 16.2. The summed E-state index contributed by atoms with van der Waals surface area (Å²) in [6.07, 6.45) is 8.00. The number of hydrogen-bond acceptors (Lipinski definition) is 9. The van der Waals surface area contributed by atoms with Gasteiger partial charge in [-0.3, -0.25) is 0 Å². The van der Waals surface area contributed by atoms with Crippen LogP contribution in [0.25, 0.3) is 5.69 Å². The highest BCUT2D eigenvalue weighted by atomic mass is 32.2. The first-order valence-electron chi connectivity index (χ1n) is 10.9. The minimum Gasteiger partial charge on any atom is -0.487 e. The van der Waals surface area contributed by atoms with Gasteiger partial charge in [0, 0.05) is 36.8 Å². The molecule has 1 aromatic carbocycles. The van der Waals surface area contributed by atoms with Crippen molar-refractivity contribution in [1.29, 1.82) is 0 Å². The number of aryl methyl sites for hydroxylation is 1. The van der Waals surface area contributed by atoms with Gasteiger partial charge in [-0.15, -0.1) is 5.10 Å². The molecule has 1 saturated heterocycles. The highest BCUT2D eigenvalue weighted by Gasteiger charge is 2.30. The van der Waals surface area contributed by atoms with E-state index in [1.165, 1.54) is 6.33 Å². The smallest absolute Gasteiger partial charge is 0.225 e. The number of piperidine rings is 1. The predicted molar refractivity (Wildman–Crippen MR) is 125 cm³/mol. The molecule has 0 radical (unpaired) electrons. The number of hydrogen-bond donors (Lipinski definition) is 0. The molecule has 33 heavy (non-hydrogen) atoms. The Kier molecular flexibility index (Phi) is 6.20. The number of benzene rings is 1. The van der Waals surface area contributed by atoms with Crippen molar-refractivity contribution in [2.24, 2.45) is 10.9 Å². The molecule has 0 bridgehead atoms. The summed E-state index contributed by atoms with van der Waals surface area (Å²) in [5.41, 5.74) is 2.68. The normalized spacial score (nSPS) is 18.8. The van der Waals surface area contributed by atoms with Crippen LogP contribution in [0, 0.1) is 5.92 Å². The van der Waals surface area contributed by atoms with Crippen molar-refractivity contribution in [2.45, 2.75) is 26.2 Å². The largest absolute Gasteiger partial charge is 0.487 e. The zero-order chi connectivity index (χ0) is 22.6. The van der Waals surface area contributed by atoms with Crippen molar-refractivity contribution < 1.29 is 8.95 Å². The van der Waals surface area contributed by atoms with Crippen LogP contribution in [-0.2, 0) is 17.2 Å². The van der Waals surface area contributed by atoms with E-state index in [9.17, 15) is 4.21 Å². The molecule has 1 atom stereocenters. The fraction of sp³-hybridized carbons (Fsp3) is 0.364. The molecule has 3 aromatic rings. The Morgan fingerprint density at radius 3 is 2.55 bits per heavy atom. The minimum absolute atomic E-state index is 0.196. The van der Waals surface area contributed by atoms with E-state index < -0.39 is 10.8 Å². The molecule has 170 valence electrons. The third kappa shape index (κ3) is 4.82. The van der Waals surface area contributed by atoms with E-state index in [4.69, 9.17) is 4.74 Å². The molecule has 1 fully saturated rings. The number of tetrazole rings is 1. The van der Waals surface area contributed by atoms with Gasteiger partial charge in [0.15, 0.2) is 0 Å². The average molecular weight is 465 g/mol. The van der Waals surface area contributed by atoms with Crippen LogP contribution in [0.1, 0.15) is 25.3 Å². The second-order valence-electron chi connectivity index (χ2n) is 7.90. The number of ether oxygens (including phenoxy) is 1. The van der Waals surface area contributed by atoms with Crippen LogP contribution in [0.15, 0.2) is 59.1 Å². The Labute approximate surface area is 193 Å². The molecule has 4 heterocycles. The fourth-order valence-electron chi connectivity index (χ4n) is 3.87. The van der Waals surface area contributed by atoms with E-state index in [0.29, 0.717) is 11.4 Å². The molecule has 2 aliphatic heterocycles. The molecule has 0 spiro atoms. The molecular formula is C22H24N8O2S. The molecule has 0 aliphatic carbocycles. The molecule has 0 N–H and O–H groups in total. The van der Waals surface area contributed by atoms with Gasteiger partial charge >= 0.3 is 0 Å². The van der Waals surface area contributed by atoms with Crippen molar-refractivity contribution in [3.63, 3.8) is 0 Å². The Morgan fingerprint density at radius 1 is 1.12 bits per heavy atom. The lowest BCUT2D eigenvalue weighted by atomic mass is 9.98. The first-order valence-corrected chi connectivity index (χ1v) is 12.1. The standard InChI is InChI=1S/C22H24N8O2S/c1-2-16-11-23-22(24-12-16)29-9-7-17(8-10-29)21-26-18(14-33(21)31)13-32-20-5-3-19(4-6-20)30-15-25-27-28-30/h3-6,11-12,14-15,17H,2,7-10,13H2,1H3. The van der Waals surface area contributed by atoms with E-state index in [1.807, 2.05) is 36.7 Å². The molecule has 1 unspecified atom stereocenters. The van der Waals surface area contributed by atoms with Crippen LogP contribution >= 0.6 is 0 Å². The van der Waals surface area contributed by atoms with Crippen LogP contribution in [0.5, 0.6) is 5.75 Å². The number of aromatic nitrogens is 6. The van der Waals surface area contributed by atoms with Gasteiger partial charge in [0.05, 0.1) is 22.2 Å². The van der Waals surface area contributed by atoms with Gasteiger partial charge in [0.1, 0.15) is 23.7 Å². The summed E-state index contributed by atoms with van der Waals surface area (Å²) in [4.78, 5) is 15.8. The maximum Gasteiger partial charge on any atom is 0.225 e. The number of rotatable bonds is 7. The van der Waals surface area contributed by atoms with Gasteiger partial charge in [-0.25, -0.2) is 23.9 Å². The minimum atomic E-state index is -1.20. The zero-order valence-corrected chi connectivity index (χ0v) is 19.1. The average Bonchev–Trinajstić information content (AvgIpc) is 3.53. The summed E-state index contributed by atoms with van der Waals surface area (Å²) in [5, 5.41) is 13.6. The van der Waals surface area contributed by atoms with Crippen LogP contribution in [0.3, 0.4) is 0 Å². The Balaban J connectivity index is 1.15. The van der Waals surface area contributed by atoms with Gasteiger partial charge in [-0.05, 0) is 59.5 Å². The van der Waals surface area contributed by atoms with Crippen LogP contribution in [0.2, 0.25) is 0 Å². The third-order valence-corrected chi connectivity index (χ3v) is 7.09. The van der Waals surface area contributed by atoms with Gasteiger partial charge in [0.2, 0.25) is 5.95 Å². The number of aliphatic imine (C=N–C) groups is 1. The van der Waals surface area contributed by atoms with Crippen molar-refractivity contribution in [1.82, 2.24) is 30.2 Å². The van der Waals surface area contributed by atoms with E-state index in [1.54, 1.807) is 10.1 Å². The quantitative estimate of drug-likeness (QED) is 0.524. The molecule has 11 heteroatoms. The molecule has 0 saturated carbocycles. The lowest BCUT2D eigenvalue weighted by Gasteiger charge is -2.31. The molecular weight excluding hydrogens is 440 g/mol. The highest BCUT2D eigenvalue weighted by molar-refractivity contribution is 8.03. The van der Waals surface area contributed by atoms with E-state index in [0.717, 1.165) is 54.6 Å². The van der Waals surface area contributed by atoms with Crippen LogP contribution in [0.4, 0.5) is 5.95 Å². The monoisotopic (exact) mass is 464 g/mol. The van der Waals surface area contributed by atoms with Crippen molar-refractivity contribution in [2.75, 3.05) is 24.6 Å². The maximum absolute atomic E-state index is 12.7. The first kappa shape index (κ1) is 21.4. The van der Waals surface area contributed by atoms with Gasteiger partial charge in [-0.1, -0.05) is 6.92 Å². The van der Waals surface area contributed by atoms with E-state index in [2.05, 4.69) is 42.3 Å². The van der Waals surface area contributed by atoms with Crippen molar-refractivity contribution in [3.05, 3.63) is 59.7 Å². The summed E-state index contributed by atoms with van der Waals surface area (Å²) in [6.45, 7) is 4.02. The van der Waals surface area contributed by atoms with Gasteiger partial charge in [-0.2, -0.15) is 0 Å². The SMILES string of the molecule is CCc1cnc(N2CCC(C3=NC(COc4ccc(-n5cnnn5)cc4)=CS3=O)CC2)nc1. The lowest BCUT2D eigenvalue weighted by Crippen LogP contribution is -2.37. The molecule has 10 nitrogen and oxygen atoms in total. The number of nitrogens with zero attached hydrogens (tertiary/aromatic N) is 8. The summed E-state index contributed by atoms with van der Waals surface area (Å²) >= 11 is 0. The van der Waals surface area contributed by atoms with E-state index >= 15 is 0 Å². The highest BCUT2D eigenvalue weighted by Crippen LogP contribution is 2.27. The van der Waals surface area contributed by atoms with Crippen LogP contribution in [-0.4, -0.2) is 59.1 Å². The topological polar surface area (TPSA) is 111 Å². The second kappa shape index (κ2) is 9.57. The Hall–Kier alpha value is -3.47. The van der Waals surface area contributed by atoms with Crippen molar-refractivity contribution in [3.8, 4) is 11.4 Å². The van der Waals surface area contributed by atoms with Gasteiger partial charge < -0.3 is 9.64 Å². The van der Waals surface area contributed by atoms with Crippen molar-refractivity contribution >= 4 is 21.8 Å². The Morgan fingerprint density at radius 2 is 1.88 bits per heavy atom. The zero-order valence-electron chi connectivity index (χ0n) is 18.2.